The number of alkyl halides is 2. The van der Waals surface area contributed by atoms with Crippen LogP contribution >= 0.6 is 35.0 Å². The highest BCUT2D eigenvalue weighted by Gasteiger charge is 2.39. The molecule has 2 aromatic rings. The summed E-state index contributed by atoms with van der Waals surface area (Å²) in [4.78, 5) is 17.0. The van der Waals surface area contributed by atoms with Gasteiger partial charge in [0.05, 0.1) is 23.3 Å². The molecule has 0 bridgehead atoms. The molecule has 4 rings (SSSR count). The zero-order chi connectivity index (χ0) is 28.2. The first-order valence-corrected chi connectivity index (χ1v) is 15.3. The number of nitrogens with zero attached hydrogens (tertiary/aromatic N) is 2. The van der Waals surface area contributed by atoms with E-state index in [-0.39, 0.29) is 31.1 Å². The molecule has 1 saturated carbocycles. The number of carbonyl (C=O) groups excluding carboxylic acids is 1. The lowest BCUT2D eigenvalue weighted by Crippen LogP contribution is -2.39. The maximum atomic E-state index is 13.0. The van der Waals surface area contributed by atoms with Crippen LogP contribution in [0.3, 0.4) is 0 Å². The fraction of sp³-hybridized carbons (Fsp3) is 0.440. The van der Waals surface area contributed by atoms with Crippen LogP contribution in [0.1, 0.15) is 29.9 Å². The summed E-state index contributed by atoms with van der Waals surface area (Å²) in [6.07, 6.45) is 5.07. The summed E-state index contributed by atoms with van der Waals surface area (Å²) < 4.78 is 67.8. The molecule has 212 valence electrons. The molecule has 8 nitrogen and oxygen atoms in total. The van der Waals surface area contributed by atoms with Crippen LogP contribution in [-0.4, -0.2) is 61.2 Å². The van der Waals surface area contributed by atoms with E-state index in [1.165, 1.54) is 18.5 Å². The Labute approximate surface area is 239 Å². The maximum absolute atomic E-state index is 13.0. The fourth-order valence-electron chi connectivity index (χ4n) is 3.98. The summed E-state index contributed by atoms with van der Waals surface area (Å²) in [6.45, 7) is 0.615. The lowest BCUT2D eigenvalue weighted by Gasteiger charge is -2.23. The molecule has 1 saturated heterocycles. The number of hydrogen-bond donors (Lipinski definition) is 0. The Bertz CT molecular complexity index is 1290. The number of sulfonamides is 1. The Morgan fingerprint density at radius 1 is 1.23 bits per heavy atom. The van der Waals surface area contributed by atoms with Crippen LogP contribution in [0.5, 0.6) is 11.5 Å². The van der Waals surface area contributed by atoms with Gasteiger partial charge in [0.15, 0.2) is 16.9 Å². The third kappa shape index (κ3) is 7.75. The molecule has 0 amide bonds. The number of halogens is 4. The van der Waals surface area contributed by atoms with Crippen molar-refractivity contribution < 1.29 is 36.2 Å². The fourth-order valence-corrected chi connectivity index (χ4v) is 7.05. The molecular formula is C25H26Cl2F2N2O6S2. The second-order valence-corrected chi connectivity index (χ2v) is 12.8. The molecule has 2 atom stereocenters. The highest BCUT2D eigenvalue weighted by Crippen LogP contribution is 2.38. The molecule has 1 aromatic heterocycles. The van der Waals surface area contributed by atoms with Crippen molar-refractivity contribution in [3.63, 3.8) is 0 Å². The number of rotatable bonds is 13. The largest absolute Gasteiger partial charge is 0.489 e. The smallest absolute Gasteiger partial charge is 0.387 e. The summed E-state index contributed by atoms with van der Waals surface area (Å²) in [5.74, 6) is -0.478. The first kappa shape index (κ1) is 29.9. The van der Waals surface area contributed by atoms with E-state index in [1.807, 2.05) is 0 Å². The van der Waals surface area contributed by atoms with Crippen molar-refractivity contribution >= 4 is 51.0 Å². The molecule has 14 heteroatoms. The van der Waals surface area contributed by atoms with E-state index in [9.17, 15) is 22.0 Å². The first-order valence-electron chi connectivity index (χ1n) is 12.0. The lowest BCUT2D eigenvalue weighted by atomic mass is 9.92. The Kier molecular flexibility index (Phi) is 9.97. The SMILES string of the molecule is C=CS(=O)(=O)N1CCS[C@H]1C(=O)OC[C@@H](Cc1c(Cl)cncc1Cl)c1ccc(OC(F)F)c(OCC2CC2)c1. The van der Waals surface area contributed by atoms with E-state index in [0.29, 0.717) is 39.4 Å². The van der Waals surface area contributed by atoms with E-state index in [1.54, 1.807) is 12.1 Å². The van der Waals surface area contributed by atoms with E-state index < -0.39 is 33.9 Å². The third-order valence-electron chi connectivity index (χ3n) is 6.24. The molecule has 1 aliphatic heterocycles. The van der Waals surface area contributed by atoms with Gasteiger partial charge in [0, 0.05) is 36.0 Å². The molecule has 0 spiro atoms. The number of benzene rings is 1. The Morgan fingerprint density at radius 3 is 2.59 bits per heavy atom. The average molecular weight is 624 g/mol. The summed E-state index contributed by atoms with van der Waals surface area (Å²) in [5, 5.41) is 0.343. The Balaban J connectivity index is 1.60. The van der Waals surface area contributed by atoms with Crippen LogP contribution in [0.15, 0.2) is 42.6 Å². The normalized spacial score (nSPS) is 18.6. The summed E-state index contributed by atoms with van der Waals surface area (Å²) in [7, 11) is -3.83. The van der Waals surface area contributed by atoms with Crippen molar-refractivity contribution in [2.45, 2.75) is 37.2 Å². The Hall–Kier alpha value is -2.12. The highest BCUT2D eigenvalue weighted by atomic mass is 35.5. The van der Waals surface area contributed by atoms with E-state index in [4.69, 9.17) is 32.7 Å². The number of thioether (sulfide) groups is 1. The average Bonchev–Trinajstić information content (AvgIpc) is 3.59. The van der Waals surface area contributed by atoms with Crippen LogP contribution in [0.2, 0.25) is 10.0 Å². The lowest BCUT2D eigenvalue weighted by molar-refractivity contribution is -0.145. The zero-order valence-corrected chi connectivity index (χ0v) is 23.7. The van der Waals surface area contributed by atoms with Gasteiger partial charge < -0.3 is 14.2 Å². The molecule has 0 radical (unpaired) electrons. The topological polar surface area (TPSA) is 95.0 Å². The second-order valence-electron chi connectivity index (χ2n) is 9.00. The molecular weight excluding hydrogens is 597 g/mol. The number of carbonyl (C=O) groups is 1. The quantitative estimate of drug-likeness (QED) is 0.270. The van der Waals surface area contributed by atoms with Gasteiger partial charge in [-0.2, -0.15) is 13.1 Å². The van der Waals surface area contributed by atoms with Crippen molar-refractivity contribution in [3.8, 4) is 11.5 Å². The van der Waals surface area contributed by atoms with E-state index in [0.717, 1.165) is 34.3 Å². The van der Waals surface area contributed by atoms with Gasteiger partial charge in [-0.1, -0.05) is 35.8 Å². The number of aromatic nitrogens is 1. The summed E-state index contributed by atoms with van der Waals surface area (Å²) in [6, 6.07) is 4.52. The molecule has 0 unspecified atom stereocenters. The second kappa shape index (κ2) is 13.0. The van der Waals surface area contributed by atoms with Gasteiger partial charge in [0.2, 0.25) is 10.0 Å². The first-order chi connectivity index (χ1) is 18.6. The van der Waals surface area contributed by atoms with Crippen molar-refractivity contribution in [1.82, 2.24) is 9.29 Å². The van der Waals surface area contributed by atoms with Crippen molar-refractivity contribution in [2.75, 3.05) is 25.5 Å². The standard InChI is InChI=1S/C25H26Cl2F2N2O6S2/c1-2-39(33,34)31-7-8-38-23(31)24(32)36-14-17(9-18-19(26)11-30-12-20(18)27)16-5-6-21(37-25(28)29)22(10-16)35-13-15-3-4-15/h2,5-6,10-12,15,17,23,25H,1,3-4,7-9,13-14H2/t17-,23+/m1/s1. The van der Waals surface area contributed by atoms with Crippen LogP contribution < -0.4 is 9.47 Å². The summed E-state index contributed by atoms with van der Waals surface area (Å²) >= 11 is 13.8. The van der Waals surface area contributed by atoms with E-state index in [2.05, 4.69) is 16.3 Å². The monoisotopic (exact) mass is 622 g/mol. The maximum Gasteiger partial charge on any atom is 0.387 e. The predicted octanol–water partition coefficient (Wildman–Crippen LogP) is 5.50. The minimum Gasteiger partial charge on any atom is -0.489 e. The Morgan fingerprint density at radius 2 is 1.95 bits per heavy atom. The van der Waals surface area contributed by atoms with E-state index >= 15 is 0 Å². The number of pyridine rings is 1. The zero-order valence-electron chi connectivity index (χ0n) is 20.6. The molecule has 0 N–H and O–H groups in total. The number of esters is 1. The van der Waals surface area contributed by atoms with Crippen LogP contribution in [-0.2, 0) is 26.0 Å². The van der Waals surface area contributed by atoms with Gasteiger partial charge in [0.1, 0.15) is 0 Å². The van der Waals surface area contributed by atoms with Crippen molar-refractivity contribution in [2.24, 2.45) is 5.92 Å². The van der Waals surface area contributed by atoms with Crippen LogP contribution in [0.25, 0.3) is 0 Å². The third-order valence-corrected chi connectivity index (χ3v) is 9.68. The van der Waals surface area contributed by atoms with Crippen LogP contribution in [0, 0.1) is 5.92 Å². The van der Waals surface area contributed by atoms with Gasteiger partial charge >= 0.3 is 12.6 Å². The minimum absolute atomic E-state index is 0.113. The molecule has 2 heterocycles. The highest BCUT2D eigenvalue weighted by molar-refractivity contribution is 8.02. The van der Waals surface area contributed by atoms with Crippen molar-refractivity contribution in [1.29, 1.82) is 0 Å². The van der Waals surface area contributed by atoms with Gasteiger partial charge in [0.25, 0.3) is 0 Å². The molecule has 2 aliphatic rings. The molecule has 39 heavy (non-hydrogen) atoms. The number of hydrogen-bond acceptors (Lipinski definition) is 8. The van der Waals surface area contributed by atoms with Gasteiger partial charge in [-0.05, 0) is 48.4 Å². The molecule has 2 fully saturated rings. The molecule has 1 aliphatic carbocycles. The van der Waals surface area contributed by atoms with Gasteiger partial charge in [-0.3, -0.25) is 4.98 Å². The summed E-state index contributed by atoms with van der Waals surface area (Å²) in [5.41, 5.74) is 1.14. The minimum atomic E-state index is -3.83. The van der Waals surface area contributed by atoms with Crippen molar-refractivity contribution in [3.05, 3.63) is 63.8 Å². The van der Waals surface area contributed by atoms with Gasteiger partial charge in [-0.25, -0.2) is 13.2 Å². The molecule has 1 aromatic carbocycles. The van der Waals surface area contributed by atoms with Gasteiger partial charge in [-0.15, -0.1) is 11.8 Å². The van der Waals surface area contributed by atoms with Crippen LogP contribution in [0.4, 0.5) is 8.78 Å². The number of ether oxygens (including phenoxy) is 3. The predicted molar refractivity (Wildman–Crippen MR) is 145 cm³/mol.